The summed E-state index contributed by atoms with van der Waals surface area (Å²) in [4.78, 5) is 18.8. The van der Waals surface area contributed by atoms with E-state index in [1.54, 1.807) is 0 Å². The van der Waals surface area contributed by atoms with Crippen molar-refractivity contribution in [2.24, 2.45) is 0 Å². The van der Waals surface area contributed by atoms with Crippen LogP contribution in [0.5, 0.6) is 0 Å². The van der Waals surface area contributed by atoms with Crippen molar-refractivity contribution < 1.29 is 4.79 Å². The number of amides is 1. The molecule has 120 valence electrons. The topological polar surface area (TPSA) is 26.8 Å². The van der Waals surface area contributed by atoms with Crippen molar-refractivity contribution in [3.63, 3.8) is 0 Å². The molecule has 4 nitrogen and oxygen atoms in total. The number of nitrogens with zero attached hydrogens (tertiary/aromatic N) is 3. The number of benzene rings is 1. The molecular weight excluding hydrogens is 298 g/mol. The zero-order valence-corrected chi connectivity index (χ0v) is 14.1. The second kappa shape index (κ2) is 6.57. The summed E-state index contributed by atoms with van der Waals surface area (Å²) in [6.07, 6.45) is 0.974. The molecule has 2 saturated heterocycles. The first kappa shape index (κ1) is 15.8. The number of rotatable bonds is 3. The van der Waals surface area contributed by atoms with E-state index in [0.717, 1.165) is 44.2 Å². The van der Waals surface area contributed by atoms with Crippen LogP contribution < -0.4 is 0 Å². The quantitative estimate of drug-likeness (QED) is 0.854. The molecule has 3 rings (SSSR count). The third kappa shape index (κ3) is 3.14. The summed E-state index contributed by atoms with van der Waals surface area (Å²) in [6, 6.07) is 8.62. The van der Waals surface area contributed by atoms with Crippen molar-refractivity contribution in [2.45, 2.75) is 25.4 Å². The summed E-state index contributed by atoms with van der Waals surface area (Å²) >= 11 is 5.96. The highest BCUT2D eigenvalue weighted by Gasteiger charge is 2.35. The van der Waals surface area contributed by atoms with Crippen molar-refractivity contribution >= 4 is 17.5 Å². The largest absolute Gasteiger partial charge is 0.344 e. The predicted octanol–water partition coefficient (Wildman–Crippen LogP) is 2.25. The Morgan fingerprint density at radius 2 is 1.73 bits per heavy atom. The molecule has 0 N–H and O–H groups in total. The van der Waals surface area contributed by atoms with E-state index in [-0.39, 0.29) is 6.04 Å². The monoisotopic (exact) mass is 321 g/mol. The highest BCUT2D eigenvalue weighted by atomic mass is 35.5. The molecule has 2 aliphatic rings. The lowest BCUT2D eigenvalue weighted by Crippen LogP contribution is -2.52. The average molecular weight is 322 g/mol. The molecule has 0 aliphatic carbocycles. The number of likely N-dealkylation sites (tertiary alicyclic amines) is 1. The van der Waals surface area contributed by atoms with E-state index < -0.39 is 0 Å². The Hall–Kier alpha value is -1.10. The second-order valence-corrected chi connectivity index (χ2v) is 6.80. The van der Waals surface area contributed by atoms with E-state index >= 15 is 0 Å². The van der Waals surface area contributed by atoms with Gasteiger partial charge in [-0.15, -0.1) is 0 Å². The normalized spacial score (nSPS) is 25.7. The van der Waals surface area contributed by atoms with Gasteiger partial charge in [0.2, 0.25) is 5.91 Å². The molecule has 2 aliphatic heterocycles. The average Bonchev–Trinajstić information content (AvgIpc) is 2.87. The van der Waals surface area contributed by atoms with E-state index in [2.05, 4.69) is 28.9 Å². The highest BCUT2D eigenvalue weighted by molar-refractivity contribution is 6.30. The highest BCUT2D eigenvalue weighted by Crippen LogP contribution is 2.25. The fraction of sp³-hybridized carbons (Fsp3) is 0.588. The molecule has 22 heavy (non-hydrogen) atoms. The van der Waals surface area contributed by atoms with Crippen LogP contribution in [0.4, 0.5) is 0 Å². The Bertz CT molecular complexity index is 525. The van der Waals surface area contributed by atoms with Crippen LogP contribution in [0.25, 0.3) is 0 Å². The first-order valence-electron chi connectivity index (χ1n) is 8.05. The van der Waals surface area contributed by atoms with Gasteiger partial charge in [0.05, 0.1) is 6.04 Å². The number of halogens is 1. The van der Waals surface area contributed by atoms with Crippen LogP contribution in [0.1, 0.15) is 24.9 Å². The number of hydrogen-bond donors (Lipinski definition) is 0. The zero-order valence-electron chi connectivity index (χ0n) is 13.3. The van der Waals surface area contributed by atoms with Gasteiger partial charge in [0.1, 0.15) is 0 Å². The van der Waals surface area contributed by atoms with E-state index in [9.17, 15) is 4.79 Å². The molecule has 0 aromatic heterocycles. The summed E-state index contributed by atoms with van der Waals surface area (Å²) in [5.41, 5.74) is 1.30. The Balaban J connectivity index is 1.57. The van der Waals surface area contributed by atoms with Crippen molar-refractivity contribution in [1.29, 1.82) is 0 Å². The molecule has 0 bridgehead atoms. The third-order valence-electron chi connectivity index (χ3n) is 5.09. The SMILES string of the molecule is CC(c1ccc(Cl)cc1)N1CCN(C2CCN(C)C2=O)CC1. The van der Waals surface area contributed by atoms with Crippen LogP contribution >= 0.6 is 11.6 Å². The smallest absolute Gasteiger partial charge is 0.239 e. The number of hydrogen-bond acceptors (Lipinski definition) is 3. The molecule has 2 unspecified atom stereocenters. The third-order valence-corrected chi connectivity index (χ3v) is 5.34. The molecule has 2 heterocycles. The summed E-state index contributed by atoms with van der Waals surface area (Å²) in [5.74, 6) is 0.291. The van der Waals surface area contributed by atoms with E-state index in [1.807, 2.05) is 24.1 Å². The van der Waals surface area contributed by atoms with Gasteiger partial charge in [-0.3, -0.25) is 14.6 Å². The molecule has 1 aromatic carbocycles. The number of carbonyl (C=O) groups is 1. The van der Waals surface area contributed by atoms with Gasteiger partial charge in [-0.1, -0.05) is 23.7 Å². The van der Waals surface area contributed by atoms with Crippen molar-refractivity contribution in [2.75, 3.05) is 39.8 Å². The molecular formula is C17H24ClN3O. The second-order valence-electron chi connectivity index (χ2n) is 6.36. The molecule has 5 heteroatoms. The lowest BCUT2D eigenvalue weighted by atomic mass is 10.1. The Morgan fingerprint density at radius 3 is 2.27 bits per heavy atom. The first-order valence-corrected chi connectivity index (χ1v) is 8.42. The van der Waals surface area contributed by atoms with Gasteiger partial charge in [-0.05, 0) is 31.0 Å². The summed E-state index contributed by atoms with van der Waals surface area (Å²) in [5, 5.41) is 0.782. The number of likely N-dealkylation sites (N-methyl/N-ethyl adjacent to an activating group) is 1. The maximum atomic E-state index is 12.1. The first-order chi connectivity index (χ1) is 10.6. The molecule has 1 amide bonds. The fourth-order valence-electron chi connectivity index (χ4n) is 3.53. The van der Waals surface area contributed by atoms with Crippen molar-refractivity contribution in [1.82, 2.24) is 14.7 Å². The molecule has 2 fully saturated rings. The number of carbonyl (C=O) groups excluding carboxylic acids is 1. The van der Waals surface area contributed by atoms with Crippen LogP contribution in [0.15, 0.2) is 24.3 Å². The predicted molar refractivity (Wildman–Crippen MR) is 89.1 cm³/mol. The van der Waals surface area contributed by atoms with Crippen LogP contribution in [0.3, 0.4) is 0 Å². The summed E-state index contributed by atoms with van der Waals surface area (Å²) in [7, 11) is 1.90. The Labute approximate surface area is 137 Å². The lowest BCUT2D eigenvalue weighted by Gasteiger charge is -2.40. The van der Waals surface area contributed by atoms with Crippen molar-refractivity contribution in [3.05, 3.63) is 34.9 Å². The van der Waals surface area contributed by atoms with Crippen LogP contribution in [-0.4, -0.2) is 66.4 Å². The Kier molecular flexibility index (Phi) is 4.71. The van der Waals surface area contributed by atoms with Crippen molar-refractivity contribution in [3.8, 4) is 0 Å². The van der Waals surface area contributed by atoms with Crippen LogP contribution in [-0.2, 0) is 4.79 Å². The van der Waals surface area contributed by atoms with Gasteiger partial charge in [-0.2, -0.15) is 0 Å². The van der Waals surface area contributed by atoms with Gasteiger partial charge in [-0.25, -0.2) is 0 Å². The lowest BCUT2D eigenvalue weighted by molar-refractivity contribution is -0.131. The minimum absolute atomic E-state index is 0.109. The minimum Gasteiger partial charge on any atom is -0.344 e. The van der Waals surface area contributed by atoms with E-state index in [1.165, 1.54) is 5.56 Å². The van der Waals surface area contributed by atoms with Gasteiger partial charge in [0, 0.05) is 50.8 Å². The summed E-state index contributed by atoms with van der Waals surface area (Å²) in [6.45, 7) is 7.11. The minimum atomic E-state index is 0.109. The molecule has 0 radical (unpaired) electrons. The standard InChI is InChI=1S/C17H24ClN3O/c1-13(14-3-5-15(18)6-4-14)20-9-11-21(12-10-20)16-7-8-19(2)17(16)22/h3-6,13,16H,7-12H2,1-2H3. The Morgan fingerprint density at radius 1 is 1.09 bits per heavy atom. The molecule has 0 saturated carbocycles. The van der Waals surface area contributed by atoms with E-state index in [0.29, 0.717) is 11.9 Å². The van der Waals surface area contributed by atoms with Gasteiger partial charge in [0.15, 0.2) is 0 Å². The maximum Gasteiger partial charge on any atom is 0.239 e. The van der Waals surface area contributed by atoms with Gasteiger partial charge in [0.25, 0.3) is 0 Å². The fourth-order valence-corrected chi connectivity index (χ4v) is 3.66. The van der Waals surface area contributed by atoms with Gasteiger partial charge < -0.3 is 4.90 Å². The molecule has 0 spiro atoms. The van der Waals surface area contributed by atoms with Crippen LogP contribution in [0.2, 0.25) is 5.02 Å². The number of piperazine rings is 1. The molecule has 1 aromatic rings. The van der Waals surface area contributed by atoms with E-state index in [4.69, 9.17) is 11.6 Å². The zero-order chi connectivity index (χ0) is 15.7. The summed E-state index contributed by atoms with van der Waals surface area (Å²) < 4.78 is 0. The van der Waals surface area contributed by atoms with Gasteiger partial charge >= 0.3 is 0 Å². The van der Waals surface area contributed by atoms with Crippen LogP contribution in [0, 0.1) is 0 Å². The maximum absolute atomic E-state index is 12.1. The molecule has 2 atom stereocenters.